The van der Waals surface area contributed by atoms with Crippen LogP contribution in [0.3, 0.4) is 0 Å². The van der Waals surface area contributed by atoms with Gasteiger partial charge in [-0.1, -0.05) is 13.8 Å². The molecule has 0 aromatic rings. The van der Waals surface area contributed by atoms with E-state index < -0.39 is 0 Å². The molecule has 5 nitrogen and oxygen atoms in total. The monoisotopic (exact) mass is 352 g/mol. The van der Waals surface area contributed by atoms with Gasteiger partial charge >= 0.3 is 0 Å². The van der Waals surface area contributed by atoms with Crippen molar-refractivity contribution in [3.63, 3.8) is 0 Å². The summed E-state index contributed by atoms with van der Waals surface area (Å²) in [6, 6.07) is -0.363. The highest BCUT2D eigenvalue weighted by atomic mass is 35.5. The van der Waals surface area contributed by atoms with Crippen LogP contribution in [-0.2, 0) is 4.79 Å². The molecule has 132 valence electrons. The van der Waals surface area contributed by atoms with Gasteiger partial charge in [0.15, 0.2) is 0 Å². The zero-order valence-corrected chi connectivity index (χ0v) is 15.8. The molecule has 1 fully saturated rings. The summed E-state index contributed by atoms with van der Waals surface area (Å²) < 4.78 is 0. The van der Waals surface area contributed by atoms with E-state index in [9.17, 15) is 4.79 Å². The number of halogens is 1. The number of nitrogens with zero attached hydrogens (tertiary/aromatic N) is 2. The van der Waals surface area contributed by atoms with Crippen molar-refractivity contribution in [3.05, 3.63) is 0 Å². The molecular weight excluding hydrogens is 320 g/mol. The molecule has 0 saturated carbocycles. The first-order chi connectivity index (χ1) is 10.1. The van der Waals surface area contributed by atoms with Gasteiger partial charge in [-0.15, -0.1) is 12.4 Å². The molecule has 1 saturated heterocycles. The number of carbonyl (C=O) groups excluding carboxylic acids is 1. The lowest BCUT2D eigenvalue weighted by molar-refractivity contribution is -0.122. The van der Waals surface area contributed by atoms with E-state index in [0.29, 0.717) is 5.92 Å². The van der Waals surface area contributed by atoms with Crippen molar-refractivity contribution in [1.82, 2.24) is 15.1 Å². The van der Waals surface area contributed by atoms with Crippen molar-refractivity contribution in [1.29, 1.82) is 0 Å². The van der Waals surface area contributed by atoms with Crippen LogP contribution in [0.5, 0.6) is 0 Å². The summed E-state index contributed by atoms with van der Waals surface area (Å²) in [6.45, 7) is 11.9. The largest absolute Gasteiger partial charge is 0.354 e. The van der Waals surface area contributed by atoms with Crippen LogP contribution in [0.4, 0.5) is 0 Å². The van der Waals surface area contributed by atoms with E-state index in [0.717, 1.165) is 58.0 Å². The van der Waals surface area contributed by atoms with E-state index in [2.05, 4.69) is 29.0 Å². The van der Waals surface area contributed by atoms with Gasteiger partial charge < -0.3 is 20.9 Å². The number of nitrogens with two attached hydrogens (primary N) is 1. The summed E-state index contributed by atoms with van der Waals surface area (Å²) in [4.78, 5) is 16.8. The lowest BCUT2D eigenvalue weighted by atomic mass is 10.1. The highest BCUT2D eigenvalue weighted by Crippen LogP contribution is 2.05. The number of rotatable bonds is 9. The molecule has 0 radical (unpaired) electrons. The maximum Gasteiger partial charge on any atom is 0.236 e. The molecular formula is C15H33ClN4OS. The van der Waals surface area contributed by atoms with Gasteiger partial charge in [0.1, 0.15) is 0 Å². The number of nitrogens with one attached hydrogen (secondary N) is 1. The minimum Gasteiger partial charge on any atom is -0.354 e. The topological polar surface area (TPSA) is 61.6 Å². The Morgan fingerprint density at radius 2 is 1.86 bits per heavy atom. The Morgan fingerprint density at radius 1 is 1.27 bits per heavy atom. The van der Waals surface area contributed by atoms with E-state index in [1.165, 1.54) is 0 Å². The Labute approximate surface area is 146 Å². The quantitative estimate of drug-likeness (QED) is 0.645. The van der Waals surface area contributed by atoms with Gasteiger partial charge in [-0.2, -0.15) is 11.8 Å². The van der Waals surface area contributed by atoms with Gasteiger partial charge in [-0.05, 0) is 30.9 Å². The first-order valence-electron chi connectivity index (χ1n) is 8.03. The second-order valence-corrected chi connectivity index (χ2v) is 6.96. The number of hydrogen-bond acceptors (Lipinski definition) is 5. The van der Waals surface area contributed by atoms with Crippen LogP contribution in [0, 0.1) is 5.92 Å². The number of thioether (sulfide) groups is 1. The summed E-state index contributed by atoms with van der Waals surface area (Å²) in [5.74, 6) is 1.40. The van der Waals surface area contributed by atoms with Crippen LogP contribution in [-0.4, -0.2) is 79.6 Å². The average Bonchev–Trinajstić information content (AvgIpc) is 2.50. The fraction of sp³-hybridized carbons (Fsp3) is 0.933. The average molecular weight is 353 g/mol. The van der Waals surface area contributed by atoms with E-state index in [1.807, 2.05) is 6.26 Å². The maximum absolute atomic E-state index is 11.9. The number of likely N-dealkylation sites (N-methyl/N-ethyl adjacent to an activating group) is 1. The summed E-state index contributed by atoms with van der Waals surface area (Å²) in [7, 11) is 0. The molecule has 1 rings (SSSR count). The second-order valence-electron chi connectivity index (χ2n) is 5.97. The van der Waals surface area contributed by atoms with Crippen LogP contribution in [0.25, 0.3) is 0 Å². The third kappa shape index (κ3) is 8.58. The zero-order valence-electron chi connectivity index (χ0n) is 14.2. The smallest absolute Gasteiger partial charge is 0.236 e. The van der Waals surface area contributed by atoms with Crippen molar-refractivity contribution < 1.29 is 4.79 Å². The lowest BCUT2D eigenvalue weighted by Crippen LogP contribution is -2.49. The predicted octanol–water partition coefficient (Wildman–Crippen LogP) is 0.878. The van der Waals surface area contributed by atoms with Crippen molar-refractivity contribution in [2.45, 2.75) is 26.3 Å². The Morgan fingerprint density at radius 3 is 2.41 bits per heavy atom. The fourth-order valence-electron chi connectivity index (χ4n) is 2.58. The van der Waals surface area contributed by atoms with Crippen LogP contribution in [0.15, 0.2) is 0 Å². The molecule has 3 N–H and O–H groups in total. The predicted molar refractivity (Wildman–Crippen MR) is 99.0 cm³/mol. The first kappa shape index (κ1) is 22.0. The second kappa shape index (κ2) is 12.4. The van der Waals surface area contributed by atoms with E-state index in [-0.39, 0.29) is 24.4 Å². The first-order valence-corrected chi connectivity index (χ1v) is 9.43. The van der Waals surface area contributed by atoms with Crippen LogP contribution in [0.1, 0.15) is 20.3 Å². The Bertz CT molecular complexity index is 301. The van der Waals surface area contributed by atoms with E-state index in [4.69, 9.17) is 5.73 Å². The van der Waals surface area contributed by atoms with Crippen molar-refractivity contribution >= 4 is 30.1 Å². The molecule has 7 heteroatoms. The molecule has 0 aliphatic carbocycles. The normalized spacial score (nSPS) is 19.3. The molecule has 2 atom stereocenters. The van der Waals surface area contributed by atoms with Crippen LogP contribution in [0.2, 0.25) is 0 Å². The molecule has 1 amide bonds. The summed E-state index contributed by atoms with van der Waals surface area (Å²) in [5, 5.41) is 2.99. The Kier molecular flexibility index (Phi) is 12.4. The van der Waals surface area contributed by atoms with Gasteiger partial charge in [0.2, 0.25) is 5.91 Å². The van der Waals surface area contributed by atoms with Crippen molar-refractivity contribution in [2.24, 2.45) is 11.7 Å². The minimum atomic E-state index is -0.363. The maximum atomic E-state index is 11.9. The number of hydrogen-bond donors (Lipinski definition) is 2. The Balaban J connectivity index is 0.00000441. The zero-order chi connectivity index (χ0) is 15.7. The summed E-state index contributed by atoms with van der Waals surface area (Å²) in [6.07, 6.45) is 2.78. The van der Waals surface area contributed by atoms with Gasteiger partial charge in [-0.25, -0.2) is 0 Å². The highest BCUT2D eigenvalue weighted by Gasteiger charge is 2.18. The molecule has 1 unspecified atom stereocenters. The molecule has 0 bridgehead atoms. The summed E-state index contributed by atoms with van der Waals surface area (Å²) >= 11 is 1.73. The van der Waals surface area contributed by atoms with Crippen molar-refractivity contribution in [2.75, 3.05) is 57.8 Å². The molecule has 0 spiro atoms. The Hall–Kier alpha value is -0.0100. The SMILES string of the molecule is CCN1CCN(CC(C)CNC(=O)[C@@H](N)CCSC)CC1.Cl. The molecule has 0 aromatic carbocycles. The molecule has 0 aromatic heterocycles. The minimum absolute atomic E-state index is 0. The lowest BCUT2D eigenvalue weighted by Gasteiger charge is -2.35. The molecule has 1 aliphatic heterocycles. The third-order valence-corrected chi connectivity index (χ3v) is 4.72. The fourth-order valence-corrected chi connectivity index (χ4v) is 3.06. The summed E-state index contributed by atoms with van der Waals surface area (Å²) in [5.41, 5.74) is 5.86. The van der Waals surface area contributed by atoms with Crippen LogP contribution < -0.4 is 11.1 Å². The molecule has 1 heterocycles. The van der Waals surface area contributed by atoms with Gasteiger partial charge in [-0.3, -0.25) is 4.79 Å². The molecule has 1 aliphatic rings. The molecule has 22 heavy (non-hydrogen) atoms. The third-order valence-electron chi connectivity index (χ3n) is 4.08. The van der Waals surface area contributed by atoms with E-state index in [1.54, 1.807) is 11.8 Å². The highest BCUT2D eigenvalue weighted by molar-refractivity contribution is 7.98. The number of piperazine rings is 1. The van der Waals surface area contributed by atoms with Crippen molar-refractivity contribution in [3.8, 4) is 0 Å². The number of carbonyl (C=O) groups is 1. The van der Waals surface area contributed by atoms with E-state index >= 15 is 0 Å². The number of amides is 1. The van der Waals surface area contributed by atoms with Gasteiger partial charge in [0.05, 0.1) is 6.04 Å². The van der Waals surface area contributed by atoms with Gasteiger partial charge in [0, 0.05) is 39.3 Å². The van der Waals surface area contributed by atoms with Gasteiger partial charge in [0.25, 0.3) is 0 Å². The standard InChI is InChI=1S/C15H32N4OS.ClH/c1-4-18-6-8-19(9-7-18)12-13(2)11-17-15(20)14(16)5-10-21-3;/h13-14H,4-12,16H2,1-3H3,(H,17,20);1H/t13?,14-;/m0./s1. The van der Waals surface area contributed by atoms with Crippen LogP contribution >= 0.6 is 24.2 Å².